The smallest absolute Gasteiger partial charge is 0.424 e. The lowest BCUT2D eigenvalue weighted by Gasteiger charge is -2.31. The molecular weight excluding hydrogens is 436 g/mol. The van der Waals surface area contributed by atoms with E-state index in [1.807, 2.05) is 0 Å². The number of para-hydroxylation sites is 1. The third-order valence-electron chi connectivity index (χ3n) is 4.86. The summed E-state index contributed by atoms with van der Waals surface area (Å²) in [5.41, 5.74) is -2.65. The van der Waals surface area contributed by atoms with E-state index in [1.54, 1.807) is 12.1 Å². The molecule has 0 spiro atoms. The maximum atomic E-state index is 13.9. The predicted molar refractivity (Wildman–Crippen MR) is 108 cm³/mol. The lowest BCUT2D eigenvalue weighted by atomic mass is 9.93. The molecule has 0 saturated carbocycles. The summed E-state index contributed by atoms with van der Waals surface area (Å²) in [6.45, 7) is -1.09. The molecule has 1 N–H and O–H groups in total. The van der Waals surface area contributed by atoms with E-state index in [0.717, 1.165) is 6.07 Å². The zero-order valence-electron chi connectivity index (χ0n) is 15.8. The molecular formula is C22H15ClF4N2O2. The fourth-order valence-corrected chi connectivity index (χ4v) is 3.34. The molecule has 0 aliphatic carbocycles. The summed E-state index contributed by atoms with van der Waals surface area (Å²) in [5.74, 6) is -0.395. The lowest BCUT2D eigenvalue weighted by molar-refractivity contribution is -0.275. The molecule has 1 heterocycles. The first kappa shape index (κ1) is 21.1. The van der Waals surface area contributed by atoms with Gasteiger partial charge in [-0.1, -0.05) is 29.8 Å². The molecule has 0 saturated heterocycles. The van der Waals surface area contributed by atoms with Gasteiger partial charge in [0.1, 0.15) is 18.2 Å². The van der Waals surface area contributed by atoms with Gasteiger partial charge in [0.25, 0.3) is 0 Å². The first-order valence-corrected chi connectivity index (χ1v) is 9.47. The SMILES string of the molecule is OC(COc1ccccc1Cl)(c1ccc2c(cnn2-c2ccc(F)cc2)c1)C(F)(F)F. The first-order chi connectivity index (χ1) is 14.7. The molecule has 0 radical (unpaired) electrons. The minimum atomic E-state index is -5.02. The van der Waals surface area contributed by atoms with Crippen LogP contribution in [0.2, 0.25) is 5.02 Å². The highest BCUT2D eigenvalue weighted by atomic mass is 35.5. The van der Waals surface area contributed by atoms with Gasteiger partial charge in [-0.05, 0) is 54.1 Å². The standard InChI is InChI=1S/C22H15ClF4N2O2/c23-18-3-1-2-4-20(18)31-13-21(30,22(25,26)27)15-5-10-19-14(11-15)12-28-29(19)17-8-6-16(24)7-9-17/h1-12,30H,13H2. The number of aliphatic hydroxyl groups is 1. The van der Waals surface area contributed by atoms with Crippen LogP contribution >= 0.6 is 11.6 Å². The van der Waals surface area contributed by atoms with Crippen LogP contribution in [-0.4, -0.2) is 27.7 Å². The van der Waals surface area contributed by atoms with Gasteiger partial charge in [-0.25, -0.2) is 9.07 Å². The van der Waals surface area contributed by atoms with Crippen molar-refractivity contribution in [2.45, 2.75) is 11.8 Å². The minimum Gasteiger partial charge on any atom is -0.488 e. The summed E-state index contributed by atoms with van der Waals surface area (Å²) in [6, 6.07) is 15.3. The van der Waals surface area contributed by atoms with Gasteiger partial charge >= 0.3 is 6.18 Å². The second-order valence-corrected chi connectivity index (χ2v) is 7.29. The molecule has 160 valence electrons. The maximum Gasteiger partial charge on any atom is 0.424 e. The Morgan fingerprint density at radius 3 is 2.39 bits per heavy atom. The molecule has 3 aromatic carbocycles. The fourth-order valence-electron chi connectivity index (χ4n) is 3.15. The van der Waals surface area contributed by atoms with Crippen LogP contribution in [0.25, 0.3) is 16.6 Å². The largest absolute Gasteiger partial charge is 0.488 e. The van der Waals surface area contributed by atoms with Crippen molar-refractivity contribution in [2.75, 3.05) is 6.61 Å². The molecule has 9 heteroatoms. The van der Waals surface area contributed by atoms with Crippen LogP contribution < -0.4 is 4.74 Å². The molecule has 0 aliphatic heterocycles. The second kappa shape index (κ2) is 7.86. The van der Waals surface area contributed by atoms with Crippen molar-refractivity contribution in [3.63, 3.8) is 0 Å². The average molecular weight is 451 g/mol. The summed E-state index contributed by atoms with van der Waals surface area (Å²) in [7, 11) is 0. The number of ether oxygens (including phenoxy) is 1. The van der Waals surface area contributed by atoms with Gasteiger partial charge in [0.15, 0.2) is 0 Å². The molecule has 0 bridgehead atoms. The van der Waals surface area contributed by atoms with E-state index in [1.165, 1.54) is 59.4 Å². The summed E-state index contributed by atoms with van der Waals surface area (Å²) < 4.78 is 61.5. The van der Waals surface area contributed by atoms with E-state index >= 15 is 0 Å². The lowest BCUT2D eigenvalue weighted by Crippen LogP contribution is -2.47. The van der Waals surface area contributed by atoms with Gasteiger partial charge in [-0.3, -0.25) is 0 Å². The number of hydrogen-bond acceptors (Lipinski definition) is 3. The summed E-state index contributed by atoms with van der Waals surface area (Å²) >= 11 is 5.94. The number of halogens is 5. The van der Waals surface area contributed by atoms with Crippen LogP contribution in [0.1, 0.15) is 5.56 Å². The number of hydrogen-bond donors (Lipinski definition) is 1. The van der Waals surface area contributed by atoms with Crippen LogP contribution in [0.3, 0.4) is 0 Å². The molecule has 4 aromatic rings. The van der Waals surface area contributed by atoms with E-state index in [2.05, 4.69) is 5.10 Å². The van der Waals surface area contributed by atoms with Gasteiger partial charge in [-0.15, -0.1) is 0 Å². The Morgan fingerprint density at radius 1 is 1.00 bits per heavy atom. The zero-order valence-corrected chi connectivity index (χ0v) is 16.5. The van der Waals surface area contributed by atoms with E-state index in [-0.39, 0.29) is 10.8 Å². The molecule has 0 amide bonds. The first-order valence-electron chi connectivity index (χ1n) is 9.10. The normalized spacial score (nSPS) is 13.9. The average Bonchev–Trinajstić information content (AvgIpc) is 3.16. The van der Waals surface area contributed by atoms with Crippen molar-refractivity contribution in [1.82, 2.24) is 9.78 Å². The van der Waals surface area contributed by atoms with Gasteiger partial charge < -0.3 is 9.84 Å². The van der Waals surface area contributed by atoms with Crippen LogP contribution in [0, 0.1) is 5.82 Å². The van der Waals surface area contributed by atoms with Crippen molar-refractivity contribution in [2.24, 2.45) is 0 Å². The molecule has 1 aromatic heterocycles. The predicted octanol–water partition coefficient (Wildman–Crippen LogP) is 5.65. The number of nitrogens with zero attached hydrogens (tertiary/aromatic N) is 2. The Balaban J connectivity index is 1.71. The summed E-state index contributed by atoms with van der Waals surface area (Å²) in [5, 5.41) is 15.3. The quantitative estimate of drug-likeness (QED) is 0.400. The second-order valence-electron chi connectivity index (χ2n) is 6.88. The van der Waals surface area contributed by atoms with Crippen molar-refractivity contribution in [3.05, 3.63) is 89.3 Å². The number of benzene rings is 3. The molecule has 0 fully saturated rings. The minimum absolute atomic E-state index is 0.0250. The van der Waals surface area contributed by atoms with Gasteiger partial charge in [-0.2, -0.15) is 18.3 Å². The van der Waals surface area contributed by atoms with E-state index in [4.69, 9.17) is 16.3 Å². The Morgan fingerprint density at radius 2 is 1.71 bits per heavy atom. The third-order valence-corrected chi connectivity index (χ3v) is 5.17. The number of rotatable bonds is 5. The molecule has 4 nitrogen and oxygen atoms in total. The number of fused-ring (bicyclic) bond motifs is 1. The van der Waals surface area contributed by atoms with Crippen molar-refractivity contribution in [3.8, 4) is 11.4 Å². The van der Waals surface area contributed by atoms with E-state index in [9.17, 15) is 22.7 Å². The highest BCUT2D eigenvalue weighted by Gasteiger charge is 2.56. The van der Waals surface area contributed by atoms with Crippen LogP contribution in [0.15, 0.2) is 72.9 Å². The van der Waals surface area contributed by atoms with Crippen molar-refractivity contribution >= 4 is 22.5 Å². The maximum absolute atomic E-state index is 13.9. The van der Waals surface area contributed by atoms with E-state index in [0.29, 0.717) is 16.6 Å². The topological polar surface area (TPSA) is 47.3 Å². The molecule has 1 unspecified atom stereocenters. The molecule has 4 rings (SSSR count). The Kier molecular flexibility index (Phi) is 5.36. The van der Waals surface area contributed by atoms with Crippen molar-refractivity contribution < 1.29 is 27.4 Å². The number of aromatic nitrogens is 2. The number of alkyl halides is 3. The van der Waals surface area contributed by atoms with Crippen LogP contribution in [0.5, 0.6) is 5.75 Å². The van der Waals surface area contributed by atoms with Crippen molar-refractivity contribution in [1.29, 1.82) is 0 Å². The third kappa shape index (κ3) is 3.96. The zero-order chi connectivity index (χ0) is 22.2. The molecule has 0 aliphatic rings. The van der Waals surface area contributed by atoms with Crippen LogP contribution in [-0.2, 0) is 5.60 Å². The van der Waals surface area contributed by atoms with Gasteiger partial charge in [0, 0.05) is 5.39 Å². The monoisotopic (exact) mass is 450 g/mol. The Bertz CT molecular complexity index is 1220. The highest BCUT2D eigenvalue weighted by molar-refractivity contribution is 6.32. The Hall–Kier alpha value is -3.10. The van der Waals surface area contributed by atoms with E-state index < -0.39 is 29.8 Å². The molecule has 1 atom stereocenters. The van der Waals surface area contributed by atoms with Gasteiger partial charge in [0.2, 0.25) is 5.60 Å². The summed E-state index contributed by atoms with van der Waals surface area (Å²) in [6.07, 6.45) is -3.65. The van der Waals surface area contributed by atoms with Gasteiger partial charge in [0.05, 0.1) is 22.4 Å². The Labute approximate surface area is 179 Å². The van der Waals surface area contributed by atoms with Crippen LogP contribution in [0.4, 0.5) is 17.6 Å². The highest BCUT2D eigenvalue weighted by Crippen LogP contribution is 2.41. The fraction of sp³-hybridized carbons (Fsp3) is 0.136. The molecule has 31 heavy (non-hydrogen) atoms. The summed E-state index contributed by atoms with van der Waals surface area (Å²) in [4.78, 5) is 0.